The van der Waals surface area contributed by atoms with Crippen LogP contribution in [0.25, 0.3) is 0 Å². The normalized spacial score (nSPS) is 17.9. The van der Waals surface area contributed by atoms with Crippen LogP contribution in [-0.2, 0) is 0 Å². The highest BCUT2D eigenvalue weighted by Crippen LogP contribution is 2.32. The van der Waals surface area contributed by atoms with Gasteiger partial charge < -0.3 is 15.6 Å². The lowest BCUT2D eigenvalue weighted by Gasteiger charge is -2.28. The van der Waals surface area contributed by atoms with Gasteiger partial charge in [0.2, 0.25) is 0 Å². The Balaban J connectivity index is 2.02. The lowest BCUT2D eigenvalue weighted by molar-refractivity contribution is 0.0936. The van der Waals surface area contributed by atoms with Crippen LogP contribution in [0.15, 0.2) is 18.3 Å². The van der Waals surface area contributed by atoms with E-state index in [0.29, 0.717) is 12.6 Å². The molecule has 1 unspecified atom stereocenters. The van der Waals surface area contributed by atoms with Crippen molar-refractivity contribution in [2.45, 2.75) is 38.3 Å². The highest BCUT2D eigenvalue weighted by molar-refractivity contribution is 5.92. The molecule has 2 rings (SSSR count). The van der Waals surface area contributed by atoms with Crippen molar-refractivity contribution in [1.29, 1.82) is 0 Å². The second kappa shape index (κ2) is 4.70. The maximum atomic E-state index is 11.9. The number of aromatic nitrogens is 1. The first kappa shape index (κ1) is 11.2. The molecule has 0 spiro atoms. The van der Waals surface area contributed by atoms with Crippen LogP contribution in [0.2, 0.25) is 0 Å². The maximum Gasteiger partial charge on any atom is 0.267 e. The summed E-state index contributed by atoms with van der Waals surface area (Å²) in [4.78, 5) is 11.9. The Kier molecular flexibility index (Phi) is 3.29. The summed E-state index contributed by atoms with van der Waals surface area (Å²) in [6.45, 7) is 2.40. The minimum Gasteiger partial charge on any atom is -0.349 e. The molecule has 3 N–H and O–H groups in total. The van der Waals surface area contributed by atoms with Crippen molar-refractivity contribution in [3.05, 3.63) is 24.0 Å². The van der Waals surface area contributed by atoms with Gasteiger partial charge in [0.05, 0.1) is 0 Å². The van der Waals surface area contributed by atoms with E-state index in [2.05, 4.69) is 9.88 Å². The van der Waals surface area contributed by atoms with E-state index in [-0.39, 0.29) is 11.9 Å². The molecule has 1 fully saturated rings. The van der Waals surface area contributed by atoms with Gasteiger partial charge in [0.25, 0.3) is 5.91 Å². The summed E-state index contributed by atoms with van der Waals surface area (Å²) in [5, 5.41) is 2.84. The predicted octanol–water partition coefficient (Wildman–Crippen LogP) is 1.29. The monoisotopic (exact) mass is 221 g/mol. The minimum absolute atomic E-state index is 0.00364. The molecule has 0 radical (unpaired) electrons. The fourth-order valence-corrected chi connectivity index (χ4v) is 1.91. The van der Waals surface area contributed by atoms with Gasteiger partial charge in [-0.1, -0.05) is 0 Å². The van der Waals surface area contributed by atoms with Crippen LogP contribution in [0.1, 0.15) is 42.7 Å². The number of nitrogens with zero attached hydrogens (tertiary/aromatic N) is 1. The van der Waals surface area contributed by atoms with E-state index in [9.17, 15) is 4.79 Å². The fraction of sp³-hybridized carbons (Fsp3) is 0.583. The van der Waals surface area contributed by atoms with Crippen molar-refractivity contribution in [3.63, 3.8) is 0 Å². The third-order valence-corrected chi connectivity index (χ3v) is 3.06. The van der Waals surface area contributed by atoms with Gasteiger partial charge in [-0.2, -0.15) is 0 Å². The lowest BCUT2D eigenvalue weighted by atomic mass is 9.93. The Morgan fingerprint density at radius 2 is 2.44 bits per heavy atom. The number of nitrogens with two attached hydrogens (primary N) is 1. The van der Waals surface area contributed by atoms with E-state index in [1.165, 1.54) is 19.3 Å². The number of hydrogen-bond acceptors (Lipinski definition) is 2. The minimum atomic E-state index is -0.0193. The number of hydrogen-bond donors (Lipinski definition) is 2. The van der Waals surface area contributed by atoms with Gasteiger partial charge >= 0.3 is 0 Å². The maximum absolute atomic E-state index is 11.9. The average Bonchev–Trinajstić information content (AvgIpc) is 2.60. The molecule has 1 amide bonds. The van der Waals surface area contributed by atoms with Gasteiger partial charge in [0, 0.05) is 24.8 Å². The van der Waals surface area contributed by atoms with Crippen LogP contribution in [0.5, 0.6) is 0 Å². The summed E-state index contributed by atoms with van der Waals surface area (Å²) in [6.07, 6.45) is 5.62. The summed E-state index contributed by atoms with van der Waals surface area (Å²) in [5.41, 5.74) is 6.36. The number of rotatable bonds is 4. The van der Waals surface area contributed by atoms with Gasteiger partial charge in [0.1, 0.15) is 5.69 Å². The third kappa shape index (κ3) is 2.27. The SMILES string of the molecule is CC(N)CNC(=O)c1cccn1C1CCC1. The number of carbonyl (C=O) groups excluding carboxylic acids is 1. The van der Waals surface area contributed by atoms with Crippen LogP contribution in [0.4, 0.5) is 0 Å². The van der Waals surface area contributed by atoms with Crippen LogP contribution in [0, 0.1) is 0 Å². The zero-order chi connectivity index (χ0) is 11.5. The molecule has 16 heavy (non-hydrogen) atoms. The topological polar surface area (TPSA) is 60.0 Å². The quantitative estimate of drug-likeness (QED) is 0.805. The van der Waals surface area contributed by atoms with Crippen LogP contribution >= 0.6 is 0 Å². The molecular formula is C12H19N3O. The molecule has 88 valence electrons. The first-order valence-corrected chi connectivity index (χ1v) is 5.89. The highest BCUT2D eigenvalue weighted by Gasteiger charge is 2.22. The Morgan fingerprint density at radius 3 is 3.00 bits per heavy atom. The first-order chi connectivity index (χ1) is 7.68. The van der Waals surface area contributed by atoms with Crippen molar-refractivity contribution >= 4 is 5.91 Å². The Morgan fingerprint density at radius 1 is 1.69 bits per heavy atom. The second-order valence-corrected chi connectivity index (χ2v) is 4.57. The van der Waals surface area contributed by atoms with Gasteiger partial charge in [0.15, 0.2) is 0 Å². The van der Waals surface area contributed by atoms with Crippen molar-refractivity contribution in [2.24, 2.45) is 5.73 Å². The molecule has 4 heteroatoms. The molecule has 1 heterocycles. The highest BCUT2D eigenvalue weighted by atomic mass is 16.1. The van der Waals surface area contributed by atoms with Gasteiger partial charge in [-0.05, 0) is 38.3 Å². The fourth-order valence-electron chi connectivity index (χ4n) is 1.91. The molecule has 0 bridgehead atoms. The van der Waals surface area contributed by atoms with Crippen molar-refractivity contribution in [3.8, 4) is 0 Å². The molecular weight excluding hydrogens is 202 g/mol. The van der Waals surface area contributed by atoms with E-state index < -0.39 is 0 Å². The molecule has 1 atom stereocenters. The van der Waals surface area contributed by atoms with E-state index >= 15 is 0 Å². The molecule has 4 nitrogen and oxygen atoms in total. The second-order valence-electron chi connectivity index (χ2n) is 4.57. The van der Waals surface area contributed by atoms with Crippen LogP contribution in [0.3, 0.4) is 0 Å². The summed E-state index contributed by atoms with van der Waals surface area (Å²) >= 11 is 0. The summed E-state index contributed by atoms with van der Waals surface area (Å²) < 4.78 is 2.08. The largest absolute Gasteiger partial charge is 0.349 e. The van der Waals surface area contributed by atoms with Gasteiger partial charge in [-0.3, -0.25) is 4.79 Å². The molecule has 1 aliphatic rings. The molecule has 1 aromatic heterocycles. The summed E-state index contributed by atoms with van der Waals surface area (Å²) in [5.74, 6) is -0.0193. The Hall–Kier alpha value is -1.29. The van der Waals surface area contributed by atoms with Gasteiger partial charge in [-0.25, -0.2) is 0 Å². The smallest absolute Gasteiger partial charge is 0.267 e. The molecule has 1 aromatic rings. The zero-order valence-electron chi connectivity index (χ0n) is 9.65. The number of amides is 1. The molecule has 0 saturated heterocycles. The molecule has 0 aromatic carbocycles. The first-order valence-electron chi connectivity index (χ1n) is 5.89. The van der Waals surface area contributed by atoms with Crippen molar-refractivity contribution in [2.75, 3.05) is 6.54 Å². The zero-order valence-corrected chi connectivity index (χ0v) is 9.65. The third-order valence-electron chi connectivity index (χ3n) is 3.06. The van der Waals surface area contributed by atoms with Crippen LogP contribution in [-0.4, -0.2) is 23.1 Å². The van der Waals surface area contributed by atoms with E-state index in [1.807, 2.05) is 25.3 Å². The predicted molar refractivity (Wildman–Crippen MR) is 63.3 cm³/mol. The van der Waals surface area contributed by atoms with Crippen molar-refractivity contribution < 1.29 is 4.79 Å². The van der Waals surface area contributed by atoms with E-state index in [0.717, 1.165) is 5.69 Å². The number of carbonyl (C=O) groups is 1. The lowest BCUT2D eigenvalue weighted by Crippen LogP contribution is -2.36. The number of nitrogens with one attached hydrogen (secondary N) is 1. The van der Waals surface area contributed by atoms with Gasteiger partial charge in [-0.15, -0.1) is 0 Å². The Bertz CT molecular complexity index is 366. The van der Waals surface area contributed by atoms with E-state index in [4.69, 9.17) is 5.73 Å². The summed E-state index contributed by atoms with van der Waals surface area (Å²) in [6, 6.07) is 4.32. The molecule has 1 saturated carbocycles. The average molecular weight is 221 g/mol. The Labute approximate surface area is 95.8 Å². The molecule has 0 aliphatic heterocycles. The van der Waals surface area contributed by atoms with Crippen molar-refractivity contribution in [1.82, 2.24) is 9.88 Å². The summed E-state index contributed by atoms with van der Waals surface area (Å²) in [7, 11) is 0. The van der Waals surface area contributed by atoms with Crippen LogP contribution < -0.4 is 11.1 Å². The standard InChI is InChI=1S/C12H19N3O/c1-9(13)8-14-12(16)11-6-3-7-15(11)10-4-2-5-10/h3,6-7,9-10H,2,4-5,8,13H2,1H3,(H,14,16). The molecule has 1 aliphatic carbocycles. The van der Waals surface area contributed by atoms with E-state index in [1.54, 1.807) is 0 Å².